The van der Waals surface area contributed by atoms with Gasteiger partial charge in [0.2, 0.25) is 10.0 Å². The average molecular weight is 294 g/mol. The largest absolute Gasteiger partial charge is 0.250 e. The van der Waals surface area contributed by atoms with Crippen LogP contribution in [0.1, 0.15) is 33.1 Å². The topological polar surface area (TPSA) is 46.2 Å². The average Bonchev–Trinajstić information content (AvgIpc) is 2.72. The molecule has 0 saturated heterocycles. The summed E-state index contributed by atoms with van der Waals surface area (Å²) in [7, 11) is -3.39. The van der Waals surface area contributed by atoms with Crippen molar-refractivity contribution in [2.45, 2.75) is 43.4 Å². The van der Waals surface area contributed by atoms with Crippen LogP contribution >= 0.6 is 22.9 Å². The Labute approximate surface area is 111 Å². The molecule has 3 nitrogen and oxygen atoms in total. The number of sulfonamides is 1. The standard InChI is InChI=1S/C11H16ClNO2S2/c1-11(2)6-5-8(7-11)13-17(14,15)10-4-3-9(12)16-10/h3-4,8,13H,5-7H2,1-2H3. The minimum atomic E-state index is -3.39. The molecule has 1 heterocycles. The van der Waals surface area contributed by atoms with Gasteiger partial charge < -0.3 is 0 Å². The van der Waals surface area contributed by atoms with Crippen LogP contribution in [0.3, 0.4) is 0 Å². The summed E-state index contributed by atoms with van der Waals surface area (Å²) in [5.74, 6) is 0. The molecule has 1 fully saturated rings. The van der Waals surface area contributed by atoms with Gasteiger partial charge in [-0.3, -0.25) is 0 Å². The summed E-state index contributed by atoms with van der Waals surface area (Å²) in [6.45, 7) is 4.34. The summed E-state index contributed by atoms with van der Waals surface area (Å²) < 4.78 is 27.7. The Balaban J connectivity index is 2.09. The van der Waals surface area contributed by atoms with E-state index < -0.39 is 10.0 Å². The number of hydrogen-bond acceptors (Lipinski definition) is 3. The molecule has 96 valence electrons. The van der Waals surface area contributed by atoms with Crippen LogP contribution in [0.15, 0.2) is 16.3 Å². The molecule has 0 spiro atoms. The van der Waals surface area contributed by atoms with E-state index in [1.165, 1.54) is 0 Å². The molecule has 1 unspecified atom stereocenters. The highest BCUT2D eigenvalue weighted by Crippen LogP contribution is 2.37. The maximum atomic E-state index is 12.1. The molecule has 0 amide bonds. The van der Waals surface area contributed by atoms with Gasteiger partial charge in [-0.2, -0.15) is 0 Å². The molecule has 1 aliphatic carbocycles. The quantitative estimate of drug-likeness (QED) is 0.930. The van der Waals surface area contributed by atoms with E-state index in [0.717, 1.165) is 30.6 Å². The van der Waals surface area contributed by atoms with Crippen molar-refractivity contribution in [3.05, 3.63) is 16.5 Å². The Hall–Kier alpha value is -0.100. The van der Waals surface area contributed by atoms with Crippen LogP contribution in [0.4, 0.5) is 0 Å². The van der Waals surface area contributed by atoms with Gasteiger partial charge >= 0.3 is 0 Å². The van der Waals surface area contributed by atoms with E-state index in [4.69, 9.17) is 11.6 Å². The van der Waals surface area contributed by atoms with Crippen molar-refractivity contribution in [3.63, 3.8) is 0 Å². The van der Waals surface area contributed by atoms with Gasteiger partial charge in [-0.25, -0.2) is 13.1 Å². The summed E-state index contributed by atoms with van der Waals surface area (Å²) in [6.07, 6.45) is 2.86. The van der Waals surface area contributed by atoms with E-state index in [1.54, 1.807) is 12.1 Å². The van der Waals surface area contributed by atoms with Gasteiger partial charge in [-0.15, -0.1) is 11.3 Å². The molecule has 1 aromatic rings. The zero-order valence-electron chi connectivity index (χ0n) is 9.86. The molecule has 1 N–H and O–H groups in total. The Morgan fingerprint density at radius 3 is 2.65 bits per heavy atom. The van der Waals surface area contributed by atoms with Crippen LogP contribution in [-0.2, 0) is 10.0 Å². The lowest BCUT2D eigenvalue weighted by atomic mass is 9.92. The Kier molecular flexibility index (Phi) is 3.56. The molecule has 1 atom stereocenters. The minimum Gasteiger partial charge on any atom is -0.207 e. The summed E-state index contributed by atoms with van der Waals surface area (Å²) in [6, 6.07) is 3.21. The van der Waals surface area contributed by atoms with Crippen LogP contribution in [0.25, 0.3) is 0 Å². The van der Waals surface area contributed by atoms with E-state index in [2.05, 4.69) is 18.6 Å². The molecule has 17 heavy (non-hydrogen) atoms. The molecule has 0 bridgehead atoms. The first-order chi connectivity index (χ1) is 7.78. The molecule has 1 aromatic heterocycles. The first-order valence-electron chi connectivity index (χ1n) is 5.56. The lowest BCUT2D eigenvalue weighted by molar-refractivity contribution is 0.372. The van der Waals surface area contributed by atoms with Crippen LogP contribution in [0.2, 0.25) is 4.34 Å². The maximum absolute atomic E-state index is 12.1. The van der Waals surface area contributed by atoms with Crippen molar-refractivity contribution in [2.24, 2.45) is 5.41 Å². The van der Waals surface area contributed by atoms with Crippen LogP contribution in [0, 0.1) is 5.41 Å². The second kappa shape index (κ2) is 4.53. The fraction of sp³-hybridized carbons (Fsp3) is 0.636. The van der Waals surface area contributed by atoms with Crippen molar-refractivity contribution in [3.8, 4) is 0 Å². The van der Waals surface area contributed by atoms with Crippen molar-refractivity contribution >= 4 is 33.0 Å². The first kappa shape index (κ1) is 13.3. The van der Waals surface area contributed by atoms with E-state index in [1.807, 2.05) is 0 Å². The van der Waals surface area contributed by atoms with Gasteiger partial charge in [0.05, 0.1) is 4.34 Å². The fourth-order valence-corrected chi connectivity index (χ4v) is 5.03. The fourth-order valence-electron chi connectivity index (χ4n) is 2.26. The lowest BCUT2D eigenvalue weighted by Gasteiger charge is -2.17. The van der Waals surface area contributed by atoms with Crippen LogP contribution < -0.4 is 4.72 Å². The first-order valence-corrected chi connectivity index (χ1v) is 8.24. The molecule has 0 radical (unpaired) electrons. The summed E-state index contributed by atoms with van der Waals surface area (Å²) in [5, 5.41) is 0. The lowest BCUT2D eigenvalue weighted by Crippen LogP contribution is -2.33. The maximum Gasteiger partial charge on any atom is 0.250 e. The third kappa shape index (κ3) is 3.22. The van der Waals surface area contributed by atoms with E-state index in [-0.39, 0.29) is 11.5 Å². The van der Waals surface area contributed by atoms with E-state index in [9.17, 15) is 8.42 Å². The third-order valence-corrected chi connectivity index (χ3v) is 6.35. The zero-order chi connectivity index (χ0) is 12.7. The van der Waals surface area contributed by atoms with Crippen molar-refractivity contribution in [1.29, 1.82) is 0 Å². The second-order valence-electron chi connectivity index (χ2n) is 5.28. The van der Waals surface area contributed by atoms with Gasteiger partial charge in [0, 0.05) is 6.04 Å². The normalized spacial score (nSPS) is 24.1. The van der Waals surface area contributed by atoms with Crippen molar-refractivity contribution in [2.75, 3.05) is 0 Å². The van der Waals surface area contributed by atoms with Gasteiger partial charge in [0.1, 0.15) is 4.21 Å². The Morgan fingerprint density at radius 2 is 2.18 bits per heavy atom. The van der Waals surface area contributed by atoms with Gasteiger partial charge in [-0.1, -0.05) is 25.4 Å². The molecule has 6 heteroatoms. The monoisotopic (exact) mass is 293 g/mol. The molecule has 1 saturated carbocycles. The highest BCUT2D eigenvalue weighted by Gasteiger charge is 2.33. The van der Waals surface area contributed by atoms with E-state index in [0.29, 0.717) is 8.55 Å². The minimum absolute atomic E-state index is 0.0517. The summed E-state index contributed by atoms with van der Waals surface area (Å²) >= 11 is 6.85. The van der Waals surface area contributed by atoms with Crippen molar-refractivity contribution in [1.82, 2.24) is 4.72 Å². The van der Waals surface area contributed by atoms with Crippen LogP contribution in [0.5, 0.6) is 0 Å². The predicted molar refractivity (Wildman–Crippen MR) is 71.1 cm³/mol. The van der Waals surface area contributed by atoms with Gasteiger partial charge in [-0.05, 0) is 36.8 Å². The summed E-state index contributed by atoms with van der Waals surface area (Å²) in [5.41, 5.74) is 0.236. The number of nitrogens with one attached hydrogen (secondary N) is 1. The SMILES string of the molecule is CC1(C)CCC(NS(=O)(=O)c2ccc(Cl)s2)C1. The highest BCUT2D eigenvalue weighted by atomic mass is 35.5. The Bertz CT molecular complexity index is 507. The van der Waals surface area contributed by atoms with Gasteiger partial charge in [0.25, 0.3) is 0 Å². The second-order valence-corrected chi connectivity index (χ2v) is 8.94. The van der Waals surface area contributed by atoms with Crippen LogP contribution in [-0.4, -0.2) is 14.5 Å². The van der Waals surface area contributed by atoms with Crippen molar-refractivity contribution < 1.29 is 8.42 Å². The number of thiophene rings is 1. The zero-order valence-corrected chi connectivity index (χ0v) is 12.3. The smallest absolute Gasteiger partial charge is 0.207 e. The number of hydrogen-bond donors (Lipinski definition) is 1. The molecule has 1 aliphatic rings. The Morgan fingerprint density at radius 1 is 1.47 bits per heavy atom. The van der Waals surface area contributed by atoms with E-state index >= 15 is 0 Å². The third-order valence-electron chi connectivity index (χ3n) is 3.10. The summed E-state index contributed by atoms with van der Waals surface area (Å²) in [4.78, 5) is 0. The number of halogens is 1. The highest BCUT2D eigenvalue weighted by molar-refractivity contribution is 7.91. The molecule has 2 rings (SSSR count). The number of rotatable bonds is 3. The molecular formula is C11H16ClNO2S2. The van der Waals surface area contributed by atoms with Gasteiger partial charge in [0.15, 0.2) is 0 Å². The molecular weight excluding hydrogens is 278 g/mol. The molecule has 0 aliphatic heterocycles. The predicted octanol–water partition coefficient (Wildman–Crippen LogP) is 3.26. The molecule has 0 aromatic carbocycles.